The van der Waals surface area contributed by atoms with Crippen molar-refractivity contribution in [3.63, 3.8) is 0 Å². The normalized spacial score (nSPS) is 5.40. The van der Waals surface area contributed by atoms with Crippen LogP contribution in [0.15, 0.2) is 0 Å². The minimum absolute atomic E-state index is 0.694. The van der Waals surface area contributed by atoms with Crippen LogP contribution in [0.5, 0.6) is 0 Å². The molecule has 0 aliphatic rings. The second kappa shape index (κ2) is 1.52. The Morgan fingerprint density at radius 3 is 2.20 bits per heavy atom. The van der Waals surface area contributed by atoms with Crippen LogP contribution >= 0.6 is 0 Å². The third-order valence-electron chi connectivity index (χ3n) is 0.0873. The van der Waals surface area contributed by atoms with E-state index in [9.17, 15) is 0 Å². The Morgan fingerprint density at radius 1 is 2.00 bits per heavy atom. The Labute approximate surface area is 27.9 Å². The molecule has 0 aliphatic carbocycles. The van der Waals surface area contributed by atoms with Crippen molar-refractivity contribution in [3.8, 4) is 6.15 Å². The molecule has 3 nitrogen and oxygen atoms in total. The molecule has 26 valence electrons. The van der Waals surface area contributed by atoms with Gasteiger partial charge in [-0.2, -0.15) is 0 Å². The molecule has 0 spiro atoms. The summed E-state index contributed by atoms with van der Waals surface area (Å²) in [5, 5.41) is 7.30. The molecule has 0 saturated carbocycles. The fourth-order valence-electron chi connectivity index (χ4n) is 0. The van der Waals surface area contributed by atoms with Gasteiger partial charge in [0.05, 0.1) is 0 Å². The average Bonchev–Trinajstić information content (AvgIpc) is 1.38. The summed E-state index contributed by atoms with van der Waals surface area (Å²) < 4.78 is 8.78. The van der Waals surface area contributed by atoms with Gasteiger partial charge < -0.3 is 0 Å². The Bertz CT molecular complexity index is 77.4. The molecular formula is C2HO3+. The molecule has 0 unspecified atom stereocenters. The molecule has 5 heavy (non-hydrogen) atoms. The molecule has 0 rings (SSSR count). The molecular weight excluding hydrogens is 72.0 g/mol. The Balaban J connectivity index is 3.35. The van der Waals surface area contributed by atoms with Gasteiger partial charge in [0.25, 0.3) is 0 Å². The molecule has 0 amide bonds. The molecule has 0 fully saturated rings. The van der Waals surface area contributed by atoms with E-state index in [1.165, 1.54) is 0 Å². The van der Waals surface area contributed by atoms with Crippen LogP contribution < -0.4 is 0 Å². The summed E-state index contributed by atoms with van der Waals surface area (Å²) in [5.74, 6) is -1.55. The number of carboxylic acids is 1. The van der Waals surface area contributed by atoms with Crippen LogP contribution in [0.4, 0.5) is 0 Å². The molecule has 0 heterocycles. The van der Waals surface area contributed by atoms with Gasteiger partial charge in [0.15, 0.2) is 0 Å². The second-order valence-electron chi connectivity index (χ2n) is 0.407. The van der Waals surface area contributed by atoms with Crippen LogP contribution in [-0.2, 0) is 9.45 Å². The van der Waals surface area contributed by atoms with Crippen molar-refractivity contribution in [2.75, 3.05) is 0 Å². The number of carboxylic acid groups (broad SMARTS) is 1. The van der Waals surface area contributed by atoms with Crippen molar-refractivity contribution in [1.29, 1.82) is 0 Å². The van der Waals surface area contributed by atoms with Crippen LogP contribution in [0.2, 0.25) is 0 Å². The first-order chi connectivity index (χ1) is 2.27. The molecule has 0 aromatic rings. The molecule has 1 N–H and O–H groups in total. The molecule has 3 heteroatoms. The number of hydrogen-bond acceptors (Lipinski definition) is 1. The maximum absolute atomic E-state index is 8.94. The summed E-state index contributed by atoms with van der Waals surface area (Å²) in [6.07, 6.45) is 0.694. The van der Waals surface area contributed by atoms with E-state index >= 15 is 0 Å². The summed E-state index contributed by atoms with van der Waals surface area (Å²) in [5.41, 5.74) is 0. The second-order valence-corrected chi connectivity index (χ2v) is 0.407. The van der Waals surface area contributed by atoms with Gasteiger partial charge in [0.1, 0.15) is 0 Å². The van der Waals surface area contributed by atoms with Crippen molar-refractivity contribution in [2.24, 2.45) is 0 Å². The van der Waals surface area contributed by atoms with Gasteiger partial charge >= 0.3 is 26.7 Å². The Kier molecular flexibility index (Phi) is 1.28. The summed E-state index contributed by atoms with van der Waals surface area (Å²) in [7, 11) is 0. The maximum atomic E-state index is 8.94. The number of hydrogen-bond donors (Lipinski definition) is 1. The van der Waals surface area contributed by atoms with E-state index in [0.29, 0.717) is 6.15 Å². The fourth-order valence-corrected chi connectivity index (χ4v) is 0. The van der Waals surface area contributed by atoms with Gasteiger partial charge in [-0.05, 0) is 0 Å². The molecule has 0 radical (unpaired) electrons. The van der Waals surface area contributed by atoms with Crippen molar-refractivity contribution in [1.82, 2.24) is 0 Å². The van der Waals surface area contributed by atoms with Crippen molar-refractivity contribution < 1.29 is 14.6 Å². The Morgan fingerprint density at radius 2 is 2.20 bits per heavy atom. The molecule has 0 aromatic carbocycles. The molecule has 0 bridgehead atoms. The first kappa shape index (κ1) is 4.21. The number of carbonyl (C=O) groups is 1. The zero-order valence-corrected chi connectivity index (χ0v) is 2.26. The summed E-state index contributed by atoms with van der Waals surface area (Å²) >= 11 is 0. The topological polar surface area (TPSA) is 57.2 Å². The van der Waals surface area contributed by atoms with Crippen LogP contribution in [0.3, 0.4) is 0 Å². The van der Waals surface area contributed by atoms with Crippen molar-refractivity contribution in [2.45, 2.75) is 0 Å². The number of aliphatic carboxylic acids is 1. The first-order valence-electron chi connectivity index (χ1n) is 0.882. The fraction of sp³-hybridized carbons (Fsp3) is 0. The third-order valence-corrected chi connectivity index (χ3v) is 0.0873. The molecule has 0 aromatic heterocycles. The van der Waals surface area contributed by atoms with Gasteiger partial charge in [-0.3, -0.25) is 0 Å². The summed E-state index contributed by atoms with van der Waals surface area (Å²) in [4.78, 5) is 8.94. The standard InChI is InChI=1S/C2O3/c3-1-2(4)5/p+1. The van der Waals surface area contributed by atoms with Crippen LogP contribution in [-0.4, -0.2) is 11.1 Å². The van der Waals surface area contributed by atoms with E-state index in [1.807, 2.05) is 0 Å². The van der Waals surface area contributed by atoms with Gasteiger partial charge in [0.2, 0.25) is 0 Å². The quantitative estimate of drug-likeness (QED) is 0.391. The minimum atomic E-state index is -1.55. The predicted octanol–water partition coefficient (Wildman–Crippen LogP) is -0.539. The monoisotopic (exact) mass is 73.0 g/mol. The first-order valence-corrected chi connectivity index (χ1v) is 0.882. The van der Waals surface area contributed by atoms with Gasteiger partial charge in [0, 0.05) is 0 Å². The average molecular weight is 73.0 g/mol. The van der Waals surface area contributed by atoms with Crippen molar-refractivity contribution in [3.05, 3.63) is 0 Å². The molecule has 0 atom stereocenters. The summed E-state index contributed by atoms with van der Waals surface area (Å²) in [6, 6.07) is 0. The third kappa shape index (κ3) is 3.21. The van der Waals surface area contributed by atoms with E-state index in [2.05, 4.69) is 0 Å². The zero-order chi connectivity index (χ0) is 4.28. The SMILES string of the molecule is O=C(O)C#[O+]. The van der Waals surface area contributed by atoms with E-state index in [1.54, 1.807) is 0 Å². The van der Waals surface area contributed by atoms with Gasteiger partial charge in [-0.25, -0.2) is 0 Å². The zero-order valence-electron chi connectivity index (χ0n) is 2.26. The van der Waals surface area contributed by atoms with E-state index in [0.717, 1.165) is 0 Å². The van der Waals surface area contributed by atoms with E-state index < -0.39 is 5.97 Å². The van der Waals surface area contributed by atoms with E-state index in [-0.39, 0.29) is 0 Å². The van der Waals surface area contributed by atoms with Crippen molar-refractivity contribution >= 4 is 5.97 Å². The molecule has 0 saturated heterocycles. The molecule has 0 aliphatic heterocycles. The Hall–Kier alpha value is -0.790. The number of rotatable bonds is 0. The van der Waals surface area contributed by atoms with Gasteiger partial charge in [-0.15, -0.1) is 0 Å². The van der Waals surface area contributed by atoms with Crippen LogP contribution in [0.1, 0.15) is 0 Å². The van der Waals surface area contributed by atoms with Crippen LogP contribution in [0.25, 0.3) is 0 Å². The summed E-state index contributed by atoms with van der Waals surface area (Å²) in [6.45, 7) is 0. The van der Waals surface area contributed by atoms with Crippen LogP contribution in [0, 0.1) is 6.15 Å². The van der Waals surface area contributed by atoms with E-state index in [4.69, 9.17) is 14.6 Å². The predicted molar refractivity (Wildman–Crippen MR) is 12.2 cm³/mol. The van der Waals surface area contributed by atoms with Gasteiger partial charge in [-0.1, -0.05) is 0 Å².